The highest BCUT2D eigenvalue weighted by atomic mass is 16.4. The van der Waals surface area contributed by atoms with E-state index in [-0.39, 0.29) is 5.76 Å². The maximum absolute atomic E-state index is 11.2. The third-order valence-electron chi connectivity index (χ3n) is 2.99. The van der Waals surface area contributed by atoms with Crippen molar-refractivity contribution < 1.29 is 19.8 Å². The van der Waals surface area contributed by atoms with Crippen molar-refractivity contribution in [2.45, 2.75) is 12.7 Å². The summed E-state index contributed by atoms with van der Waals surface area (Å²) >= 11 is 0. The van der Waals surface area contributed by atoms with Gasteiger partial charge < -0.3 is 9.52 Å². The average molecular weight is 297 g/mol. The van der Waals surface area contributed by atoms with Crippen molar-refractivity contribution in [2.24, 2.45) is 0 Å². The molecule has 2 aromatic carbocycles. The number of aromatic nitrogens is 1. The fraction of sp³-hybridized carbons (Fsp3) is 0.111. The zero-order chi connectivity index (χ0) is 18.9. The van der Waals surface area contributed by atoms with Gasteiger partial charge in [0.2, 0.25) is 0 Å². The Morgan fingerprint density at radius 1 is 1.05 bits per heavy atom. The first-order chi connectivity index (χ1) is 12.2. The normalized spacial score (nSPS) is 14.5. The van der Waals surface area contributed by atoms with Gasteiger partial charge in [-0.25, -0.2) is 4.98 Å². The Labute approximate surface area is 133 Å². The van der Waals surface area contributed by atoms with Crippen LogP contribution in [0, 0.1) is 0 Å². The highest BCUT2D eigenvalue weighted by Crippen LogP contribution is 2.32. The maximum Gasteiger partial charge on any atom is 0.303 e. The van der Waals surface area contributed by atoms with Crippen LogP contribution < -0.4 is 0 Å². The summed E-state index contributed by atoms with van der Waals surface area (Å²) in [6, 6.07) is 17.8. The van der Waals surface area contributed by atoms with Crippen LogP contribution >= 0.6 is 0 Å². The van der Waals surface area contributed by atoms with Crippen LogP contribution in [0.25, 0.3) is 22.6 Å². The van der Waals surface area contributed by atoms with Gasteiger partial charge in [0.1, 0.15) is 5.69 Å². The zero-order valence-corrected chi connectivity index (χ0v) is 11.5. The smallest absolute Gasteiger partial charge is 0.303 e. The van der Waals surface area contributed by atoms with Crippen LogP contribution in [0.5, 0.6) is 0 Å². The molecule has 4 nitrogen and oxygen atoms in total. The van der Waals surface area contributed by atoms with Crippen molar-refractivity contribution in [3.05, 3.63) is 66.6 Å². The number of nitrogens with zero attached hydrogens (tertiary/aromatic N) is 1. The molecule has 0 saturated heterocycles. The van der Waals surface area contributed by atoms with E-state index >= 15 is 0 Å². The quantitative estimate of drug-likeness (QED) is 0.772. The van der Waals surface area contributed by atoms with E-state index in [9.17, 15) is 4.79 Å². The number of carboxylic acid groups (broad SMARTS) is 1. The van der Waals surface area contributed by atoms with Gasteiger partial charge in [-0.05, 0) is 0 Å². The fourth-order valence-corrected chi connectivity index (χ4v) is 2.06. The van der Waals surface area contributed by atoms with E-state index in [1.807, 2.05) is 12.1 Å². The minimum Gasteiger partial charge on any atom is -0.481 e. The Morgan fingerprint density at radius 2 is 1.64 bits per heavy atom. The van der Waals surface area contributed by atoms with Gasteiger partial charge in [-0.2, -0.15) is 0 Å². The molecule has 3 aromatic rings. The first-order valence-electron chi connectivity index (χ1n) is 8.60. The number of aliphatic carboxylic acids is 1. The third-order valence-corrected chi connectivity index (χ3v) is 2.99. The summed E-state index contributed by atoms with van der Waals surface area (Å²) in [5, 5.41) is 9.06. The minimum atomic E-state index is -3.21. The van der Waals surface area contributed by atoms with E-state index in [1.165, 1.54) is 0 Å². The summed E-state index contributed by atoms with van der Waals surface area (Å²) in [6.45, 7) is 0. The van der Waals surface area contributed by atoms with E-state index in [1.54, 1.807) is 48.5 Å². The highest BCUT2D eigenvalue weighted by molar-refractivity contribution is 5.76. The first-order valence-corrected chi connectivity index (χ1v) is 6.60. The molecule has 0 saturated carbocycles. The lowest BCUT2D eigenvalue weighted by Crippen LogP contribution is -1.97. The summed E-state index contributed by atoms with van der Waals surface area (Å²) in [5.74, 6) is -2.30. The summed E-state index contributed by atoms with van der Waals surface area (Å²) < 4.78 is 36.8. The van der Waals surface area contributed by atoms with Gasteiger partial charge >= 0.3 is 5.97 Å². The Hall–Kier alpha value is -2.88. The van der Waals surface area contributed by atoms with Crippen molar-refractivity contribution >= 4 is 5.97 Å². The molecular formula is C18H15NO3. The number of oxazole rings is 1. The summed E-state index contributed by atoms with van der Waals surface area (Å²) in [4.78, 5) is 15.3. The number of rotatable bonds is 5. The SMILES string of the molecule is [2H]C([2H])(C(=O)O)C([2H])([2H])c1nc(-c2ccccc2)c(-c2ccccc2)o1. The van der Waals surface area contributed by atoms with Crippen molar-refractivity contribution in [3.8, 4) is 22.6 Å². The Morgan fingerprint density at radius 3 is 2.23 bits per heavy atom. The maximum atomic E-state index is 11.2. The number of carbonyl (C=O) groups is 1. The van der Waals surface area contributed by atoms with E-state index in [4.69, 9.17) is 15.0 Å². The van der Waals surface area contributed by atoms with Crippen LogP contribution in [0.1, 0.15) is 17.7 Å². The molecule has 110 valence electrons. The molecule has 0 aliphatic heterocycles. The highest BCUT2D eigenvalue weighted by Gasteiger charge is 2.17. The first kappa shape index (κ1) is 9.95. The van der Waals surface area contributed by atoms with Gasteiger partial charge in [0.05, 0.1) is 6.37 Å². The molecule has 0 atom stereocenters. The second-order valence-corrected chi connectivity index (χ2v) is 4.48. The molecule has 1 N–H and O–H groups in total. The fourth-order valence-electron chi connectivity index (χ4n) is 2.06. The molecule has 4 heteroatoms. The van der Waals surface area contributed by atoms with Crippen molar-refractivity contribution in [1.82, 2.24) is 4.98 Å². The summed E-state index contributed by atoms with van der Waals surface area (Å²) in [7, 11) is 0. The Balaban J connectivity index is 2.21. The van der Waals surface area contributed by atoms with Gasteiger partial charge in [-0.15, -0.1) is 0 Å². The number of hydrogen-bond acceptors (Lipinski definition) is 3. The van der Waals surface area contributed by atoms with Crippen LogP contribution in [-0.2, 0) is 11.2 Å². The van der Waals surface area contributed by atoms with Crippen molar-refractivity contribution in [1.29, 1.82) is 0 Å². The molecule has 3 rings (SSSR count). The molecule has 0 fully saturated rings. The van der Waals surface area contributed by atoms with Crippen molar-refractivity contribution in [2.75, 3.05) is 0 Å². The topological polar surface area (TPSA) is 63.3 Å². The molecule has 22 heavy (non-hydrogen) atoms. The number of benzene rings is 2. The molecule has 0 radical (unpaired) electrons. The standard InChI is InChI=1S/C18H15NO3/c20-16(21)12-11-15-19-17(13-7-3-1-4-8-13)18(22-15)14-9-5-2-6-10-14/h1-10H,11-12H2,(H,20,21)/i11D2,12D2. The molecule has 0 amide bonds. The molecular weight excluding hydrogens is 278 g/mol. The number of hydrogen-bond donors (Lipinski definition) is 1. The van der Waals surface area contributed by atoms with Gasteiger partial charge in [0, 0.05) is 23.0 Å². The average Bonchev–Trinajstić information content (AvgIpc) is 3.09. The van der Waals surface area contributed by atoms with Gasteiger partial charge in [0.25, 0.3) is 0 Å². The van der Waals surface area contributed by atoms with E-state index in [0.717, 1.165) is 0 Å². The lowest BCUT2D eigenvalue weighted by Gasteiger charge is -2.00. The van der Waals surface area contributed by atoms with Crippen LogP contribution in [-0.4, -0.2) is 16.1 Å². The second-order valence-electron chi connectivity index (χ2n) is 4.48. The predicted octanol–water partition coefficient (Wildman–Crippen LogP) is 4.03. The van der Waals surface area contributed by atoms with Gasteiger partial charge in [-0.3, -0.25) is 4.79 Å². The molecule has 0 aliphatic carbocycles. The lowest BCUT2D eigenvalue weighted by molar-refractivity contribution is -0.137. The largest absolute Gasteiger partial charge is 0.481 e. The third kappa shape index (κ3) is 3.06. The van der Waals surface area contributed by atoms with Crippen molar-refractivity contribution in [3.63, 3.8) is 0 Å². The van der Waals surface area contributed by atoms with Crippen LogP contribution in [0.15, 0.2) is 65.1 Å². The Bertz CT molecular complexity index is 867. The molecule has 0 unspecified atom stereocenters. The molecule has 1 aromatic heterocycles. The van der Waals surface area contributed by atoms with Crippen LogP contribution in [0.3, 0.4) is 0 Å². The second kappa shape index (κ2) is 6.26. The zero-order valence-electron chi connectivity index (χ0n) is 15.5. The predicted molar refractivity (Wildman–Crippen MR) is 83.3 cm³/mol. The number of carboxylic acids is 1. The lowest BCUT2D eigenvalue weighted by atomic mass is 10.1. The number of aryl methyl sites for hydroxylation is 1. The van der Waals surface area contributed by atoms with Gasteiger partial charge in [-0.1, -0.05) is 60.7 Å². The monoisotopic (exact) mass is 297 g/mol. The molecule has 0 spiro atoms. The molecule has 1 heterocycles. The summed E-state index contributed by atoms with van der Waals surface area (Å²) in [5.41, 5.74) is 1.58. The van der Waals surface area contributed by atoms with Gasteiger partial charge in [0.15, 0.2) is 11.7 Å². The Kier molecular flexibility index (Phi) is 2.83. The van der Waals surface area contributed by atoms with Crippen LogP contribution in [0.4, 0.5) is 0 Å². The molecule has 0 bridgehead atoms. The van der Waals surface area contributed by atoms with E-state index in [0.29, 0.717) is 16.8 Å². The molecule has 0 aliphatic rings. The minimum absolute atomic E-state index is 0.247. The van der Waals surface area contributed by atoms with E-state index < -0.39 is 24.6 Å². The summed E-state index contributed by atoms with van der Waals surface area (Å²) in [6.07, 6.45) is -6.17. The van der Waals surface area contributed by atoms with Crippen LogP contribution in [0.2, 0.25) is 0 Å². The van der Waals surface area contributed by atoms with E-state index in [2.05, 4.69) is 4.98 Å².